The predicted octanol–water partition coefficient (Wildman–Crippen LogP) is 2.21. The van der Waals surface area contributed by atoms with Gasteiger partial charge in [0.2, 0.25) is 5.91 Å². The van der Waals surface area contributed by atoms with E-state index in [2.05, 4.69) is 10.3 Å². The van der Waals surface area contributed by atoms with Crippen molar-refractivity contribution in [3.05, 3.63) is 23.0 Å². The Morgan fingerprint density at radius 1 is 1.02 bits per heavy atom. The molecule has 3 saturated heterocycles. The van der Waals surface area contributed by atoms with Crippen LogP contribution in [0.15, 0.2) is 12.3 Å². The van der Waals surface area contributed by atoms with Gasteiger partial charge in [-0.05, 0) is 47.1 Å². The number of aliphatic hydroxyl groups excluding tert-OH is 1. The topological polar surface area (TPSA) is 201 Å². The van der Waals surface area contributed by atoms with E-state index in [1.54, 1.807) is 13.8 Å². The van der Waals surface area contributed by atoms with Crippen molar-refractivity contribution in [3.63, 3.8) is 0 Å². The Hall–Kier alpha value is -2.30. The maximum atomic E-state index is 12.6. The van der Waals surface area contributed by atoms with Gasteiger partial charge in [0, 0.05) is 37.4 Å². The first-order chi connectivity index (χ1) is 20.6. The molecule has 15 heteroatoms. The molecule has 248 valence electrons. The van der Waals surface area contributed by atoms with Gasteiger partial charge in [0.25, 0.3) is 0 Å². The lowest BCUT2D eigenvalue weighted by molar-refractivity contribution is -0.321. The molecule has 11 atom stereocenters. The van der Waals surface area contributed by atoms with Gasteiger partial charge in [0.15, 0.2) is 18.9 Å². The van der Waals surface area contributed by atoms with Crippen molar-refractivity contribution in [1.82, 2.24) is 10.3 Å². The van der Waals surface area contributed by atoms with Gasteiger partial charge in [-0.1, -0.05) is 11.6 Å². The zero-order chi connectivity index (χ0) is 32.4. The summed E-state index contributed by atoms with van der Waals surface area (Å²) in [4.78, 5) is 38.7. The minimum Gasteiger partial charge on any atom is -0.481 e. The van der Waals surface area contributed by atoms with E-state index >= 15 is 0 Å². The molecular weight excluding hydrogens is 602 g/mol. The van der Waals surface area contributed by atoms with Crippen molar-refractivity contribution in [3.8, 4) is 0 Å². The van der Waals surface area contributed by atoms with Crippen LogP contribution < -0.4 is 11.1 Å². The molecule has 0 aliphatic carbocycles. The van der Waals surface area contributed by atoms with Gasteiger partial charge >= 0.3 is 11.9 Å². The van der Waals surface area contributed by atoms with Gasteiger partial charge < -0.3 is 54.7 Å². The molecule has 3 aliphatic heterocycles. The number of nitrogens with one attached hydrogen (secondary N) is 2. The number of amides is 1. The first kappa shape index (κ1) is 34.6. The van der Waals surface area contributed by atoms with Gasteiger partial charge in [-0.3, -0.25) is 9.59 Å². The van der Waals surface area contributed by atoms with Crippen LogP contribution in [0, 0.1) is 0 Å². The minimum atomic E-state index is -1.15. The molecular formula is C29H44ClN3O11. The van der Waals surface area contributed by atoms with E-state index in [4.69, 9.17) is 50.9 Å². The number of carboxylic acid groups (broad SMARTS) is 1. The second-order valence-corrected chi connectivity index (χ2v) is 12.9. The molecule has 3 fully saturated rings. The molecule has 0 unspecified atom stereocenters. The number of esters is 1. The quantitative estimate of drug-likeness (QED) is 0.233. The summed E-state index contributed by atoms with van der Waals surface area (Å²) in [7, 11) is 0. The van der Waals surface area contributed by atoms with E-state index in [-0.39, 0.29) is 31.4 Å². The fourth-order valence-electron chi connectivity index (χ4n) is 6.26. The summed E-state index contributed by atoms with van der Waals surface area (Å²) >= 11 is 5.89. The summed E-state index contributed by atoms with van der Waals surface area (Å²) in [6.45, 7) is 8.90. The monoisotopic (exact) mass is 645 g/mol. The Kier molecular flexibility index (Phi) is 11.0. The molecule has 4 heterocycles. The summed E-state index contributed by atoms with van der Waals surface area (Å²) in [6, 6.07) is 1.50. The number of carbonyl (C=O) groups is 3. The number of ether oxygens (including phenoxy) is 6. The molecule has 0 bridgehead atoms. The molecule has 1 aromatic rings. The summed E-state index contributed by atoms with van der Waals surface area (Å²) in [6.07, 6.45) is -3.69. The summed E-state index contributed by atoms with van der Waals surface area (Å²) < 4.78 is 36.2. The SMILES string of the molecule is C[C@@H]1O[C@H](O)C[C@@](C)(NC(=O)CCC(=O)O)[C@H]1O[C@@H]1C[C@@](C)(N)[C@@H](O[C@H]2CC[C@H](OC(=O)c3cc(Cl)c[nH]3)[C@@H](C)O2)[C@H](C)O1. The molecule has 14 nitrogen and oxygen atoms in total. The smallest absolute Gasteiger partial charge is 0.355 e. The third-order valence-electron chi connectivity index (χ3n) is 8.36. The Morgan fingerprint density at radius 2 is 1.68 bits per heavy atom. The number of carbonyl (C=O) groups excluding carboxylic acids is 2. The normalized spacial score (nSPS) is 39.4. The molecule has 4 rings (SSSR count). The summed E-state index contributed by atoms with van der Waals surface area (Å²) in [5.74, 6) is -2.08. The number of nitrogens with two attached hydrogens (primary N) is 1. The van der Waals surface area contributed by atoms with Gasteiger partial charge in [-0.25, -0.2) is 4.79 Å². The van der Waals surface area contributed by atoms with Crippen molar-refractivity contribution in [2.75, 3.05) is 0 Å². The third-order valence-corrected chi connectivity index (χ3v) is 8.58. The standard InChI is InChI=1S/C29H44ClN3O11/c1-14-19(42-27(38)18-10-17(30)13-32-18)6-9-23(40-14)43-25-15(2)41-24(12-28(25,4)31)44-26-16(3)39-22(37)11-29(26,5)33-20(34)7-8-21(35)36/h10,13-16,19,22-26,32,37H,6-9,11-12,31H2,1-5H3,(H,33,34)(H,35,36)/t14-,15+,16+,19+,22+,23+,24-,25+,26+,28-,29-/m1/s1. The first-order valence-corrected chi connectivity index (χ1v) is 15.3. The average molecular weight is 646 g/mol. The number of aliphatic hydroxyl groups is 1. The van der Waals surface area contributed by atoms with Gasteiger partial charge in [-0.15, -0.1) is 0 Å². The molecule has 0 aromatic carbocycles. The molecule has 1 aromatic heterocycles. The van der Waals surface area contributed by atoms with Crippen molar-refractivity contribution < 1.29 is 53.0 Å². The number of hydrogen-bond donors (Lipinski definition) is 5. The van der Waals surface area contributed by atoms with E-state index in [9.17, 15) is 19.5 Å². The lowest BCUT2D eigenvalue weighted by atomic mass is 9.83. The lowest BCUT2D eigenvalue weighted by Crippen LogP contribution is -2.67. The highest BCUT2D eigenvalue weighted by atomic mass is 35.5. The lowest BCUT2D eigenvalue weighted by Gasteiger charge is -2.51. The maximum Gasteiger partial charge on any atom is 0.355 e. The Bertz CT molecular complexity index is 1180. The maximum absolute atomic E-state index is 12.6. The summed E-state index contributed by atoms with van der Waals surface area (Å²) in [5.41, 5.74) is 5.05. The Labute approximate surface area is 261 Å². The van der Waals surface area contributed by atoms with Crippen LogP contribution in [0.2, 0.25) is 5.02 Å². The van der Waals surface area contributed by atoms with Crippen LogP contribution in [0.3, 0.4) is 0 Å². The summed E-state index contributed by atoms with van der Waals surface area (Å²) in [5, 5.41) is 22.5. The van der Waals surface area contributed by atoms with E-state index in [1.165, 1.54) is 12.3 Å². The molecule has 3 aliphatic rings. The number of rotatable bonds is 10. The number of carboxylic acids is 1. The van der Waals surface area contributed by atoms with Crippen molar-refractivity contribution in [2.24, 2.45) is 5.73 Å². The highest BCUT2D eigenvalue weighted by Crippen LogP contribution is 2.37. The molecule has 0 saturated carbocycles. The van der Waals surface area contributed by atoms with E-state index in [0.717, 1.165) is 0 Å². The second-order valence-electron chi connectivity index (χ2n) is 12.5. The fourth-order valence-corrected chi connectivity index (χ4v) is 6.43. The van der Waals surface area contributed by atoms with E-state index in [0.29, 0.717) is 17.9 Å². The van der Waals surface area contributed by atoms with Crippen LogP contribution in [0.25, 0.3) is 0 Å². The van der Waals surface area contributed by atoms with Crippen LogP contribution in [-0.2, 0) is 38.0 Å². The van der Waals surface area contributed by atoms with Crippen LogP contribution in [-0.4, -0.2) is 99.6 Å². The third kappa shape index (κ3) is 8.49. The molecule has 44 heavy (non-hydrogen) atoms. The van der Waals surface area contributed by atoms with Crippen LogP contribution >= 0.6 is 11.6 Å². The van der Waals surface area contributed by atoms with Crippen molar-refractivity contribution in [2.45, 2.75) is 140 Å². The van der Waals surface area contributed by atoms with Gasteiger partial charge in [0.1, 0.15) is 24.0 Å². The van der Waals surface area contributed by atoms with Crippen molar-refractivity contribution in [1.29, 1.82) is 0 Å². The molecule has 6 N–H and O–H groups in total. The minimum absolute atomic E-state index is 0.0287. The van der Waals surface area contributed by atoms with Crippen LogP contribution in [0.5, 0.6) is 0 Å². The van der Waals surface area contributed by atoms with Gasteiger partial charge in [-0.2, -0.15) is 0 Å². The number of aromatic amines is 1. The highest BCUT2D eigenvalue weighted by molar-refractivity contribution is 6.30. The zero-order valence-corrected chi connectivity index (χ0v) is 26.4. The molecule has 1 amide bonds. The van der Waals surface area contributed by atoms with Gasteiger partial charge in [0.05, 0.1) is 35.3 Å². The Balaban J connectivity index is 1.34. The first-order valence-electron chi connectivity index (χ1n) is 14.9. The number of hydrogen-bond acceptors (Lipinski definition) is 11. The number of H-pyrrole nitrogens is 1. The van der Waals surface area contributed by atoms with Crippen molar-refractivity contribution >= 4 is 29.4 Å². The second kappa shape index (κ2) is 14.0. The number of aliphatic carboxylic acids is 1. The predicted molar refractivity (Wildman–Crippen MR) is 154 cm³/mol. The van der Waals surface area contributed by atoms with E-state index in [1.807, 2.05) is 20.8 Å². The highest BCUT2D eigenvalue weighted by Gasteiger charge is 2.51. The number of aromatic nitrogens is 1. The van der Waals surface area contributed by atoms with Crippen LogP contribution in [0.4, 0.5) is 0 Å². The molecule has 0 radical (unpaired) electrons. The number of halogens is 1. The largest absolute Gasteiger partial charge is 0.481 e. The zero-order valence-electron chi connectivity index (χ0n) is 25.6. The van der Waals surface area contributed by atoms with Crippen LogP contribution in [0.1, 0.15) is 83.6 Å². The van der Waals surface area contributed by atoms with E-state index < -0.39 is 84.4 Å². The Morgan fingerprint density at radius 3 is 2.30 bits per heavy atom. The molecule has 0 spiro atoms. The average Bonchev–Trinajstić information content (AvgIpc) is 3.34. The fraction of sp³-hybridized carbons (Fsp3) is 0.759.